The number of rotatable bonds is 7. The van der Waals surface area contributed by atoms with E-state index >= 15 is 0 Å². The lowest BCUT2D eigenvalue weighted by atomic mass is 10.2. The third-order valence-corrected chi connectivity index (χ3v) is 3.85. The summed E-state index contributed by atoms with van der Waals surface area (Å²) in [6.45, 7) is 2.48. The van der Waals surface area contributed by atoms with Gasteiger partial charge in [-0.05, 0) is 39.3 Å². The number of hydrogen-bond acceptors (Lipinski definition) is 4. The van der Waals surface area contributed by atoms with E-state index in [9.17, 15) is 9.59 Å². The summed E-state index contributed by atoms with van der Waals surface area (Å²) in [5, 5.41) is 6.32. The molecule has 0 aromatic carbocycles. The predicted octanol–water partition coefficient (Wildman–Crippen LogP) is -0.593. The van der Waals surface area contributed by atoms with Gasteiger partial charge in [-0.15, -0.1) is 0 Å². The Hall–Kier alpha value is -1.14. The van der Waals surface area contributed by atoms with Gasteiger partial charge in [0.1, 0.15) is 0 Å². The van der Waals surface area contributed by atoms with E-state index in [1.807, 2.05) is 11.9 Å². The molecule has 2 fully saturated rings. The first-order valence-corrected chi connectivity index (χ1v) is 7.50. The van der Waals surface area contributed by atoms with Crippen molar-refractivity contribution in [3.8, 4) is 0 Å². The minimum Gasteiger partial charge on any atom is -0.352 e. The number of likely N-dealkylation sites (N-methyl/N-ethyl adjacent to an activating group) is 2. The quantitative estimate of drug-likeness (QED) is 0.655. The van der Waals surface area contributed by atoms with Gasteiger partial charge in [0.25, 0.3) is 0 Å². The van der Waals surface area contributed by atoms with Crippen LogP contribution in [0, 0.1) is 0 Å². The molecular formula is C14H26N4O2. The van der Waals surface area contributed by atoms with Gasteiger partial charge in [0, 0.05) is 25.7 Å². The number of carbonyl (C=O) groups is 2. The van der Waals surface area contributed by atoms with Gasteiger partial charge in [0.2, 0.25) is 11.8 Å². The Morgan fingerprint density at radius 2 is 1.95 bits per heavy atom. The maximum atomic E-state index is 12.0. The fourth-order valence-electron chi connectivity index (χ4n) is 2.51. The average molecular weight is 282 g/mol. The first kappa shape index (κ1) is 15.3. The van der Waals surface area contributed by atoms with Crippen molar-refractivity contribution in [2.75, 3.05) is 40.3 Å². The van der Waals surface area contributed by atoms with Gasteiger partial charge in [-0.2, -0.15) is 0 Å². The number of nitrogens with zero attached hydrogens (tertiary/aromatic N) is 2. The molecule has 6 nitrogen and oxygen atoms in total. The topological polar surface area (TPSA) is 64.7 Å². The molecule has 114 valence electrons. The second kappa shape index (κ2) is 7.04. The van der Waals surface area contributed by atoms with Crippen LogP contribution in [0.1, 0.15) is 25.7 Å². The molecule has 20 heavy (non-hydrogen) atoms. The summed E-state index contributed by atoms with van der Waals surface area (Å²) < 4.78 is 0. The number of carbonyl (C=O) groups excluding carboxylic acids is 2. The standard InChI is InChI=1S/C14H26N4O2/c1-17(8-12-4-3-7-15-12)10-14(20)18(2)9-13(19)16-11-5-6-11/h11-12,15H,3-10H2,1-2H3,(H,16,19). The Morgan fingerprint density at radius 3 is 2.55 bits per heavy atom. The smallest absolute Gasteiger partial charge is 0.239 e. The molecule has 2 amide bonds. The van der Waals surface area contributed by atoms with E-state index in [1.54, 1.807) is 7.05 Å². The molecule has 2 rings (SSSR count). The summed E-state index contributed by atoms with van der Waals surface area (Å²) in [4.78, 5) is 27.2. The summed E-state index contributed by atoms with van der Waals surface area (Å²) in [6, 6.07) is 0.846. The zero-order valence-electron chi connectivity index (χ0n) is 12.5. The Morgan fingerprint density at radius 1 is 1.20 bits per heavy atom. The minimum absolute atomic E-state index is 0.00329. The fourth-order valence-corrected chi connectivity index (χ4v) is 2.51. The van der Waals surface area contributed by atoms with Crippen molar-refractivity contribution in [1.82, 2.24) is 20.4 Å². The Balaban J connectivity index is 1.64. The number of nitrogens with one attached hydrogen (secondary N) is 2. The summed E-state index contributed by atoms with van der Waals surface area (Å²) in [5.74, 6) is -0.0556. The van der Waals surface area contributed by atoms with Gasteiger partial charge in [0.05, 0.1) is 13.1 Å². The Bertz CT molecular complexity index is 351. The lowest BCUT2D eigenvalue weighted by Crippen LogP contribution is -2.45. The minimum atomic E-state index is -0.0523. The van der Waals surface area contributed by atoms with Crippen LogP contribution in [0.25, 0.3) is 0 Å². The lowest BCUT2D eigenvalue weighted by Gasteiger charge is -2.23. The largest absolute Gasteiger partial charge is 0.352 e. The van der Waals surface area contributed by atoms with Gasteiger partial charge in [0.15, 0.2) is 0 Å². The van der Waals surface area contributed by atoms with Gasteiger partial charge >= 0.3 is 0 Å². The van der Waals surface area contributed by atoms with Crippen LogP contribution in [0.3, 0.4) is 0 Å². The van der Waals surface area contributed by atoms with Crippen molar-refractivity contribution in [2.45, 2.75) is 37.8 Å². The van der Waals surface area contributed by atoms with Crippen molar-refractivity contribution >= 4 is 11.8 Å². The van der Waals surface area contributed by atoms with E-state index < -0.39 is 0 Å². The molecule has 0 aromatic heterocycles. The third-order valence-electron chi connectivity index (χ3n) is 3.85. The van der Waals surface area contributed by atoms with Crippen LogP contribution >= 0.6 is 0 Å². The van der Waals surface area contributed by atoms with Crippen LogP contribution in [0.2, 0.25) is 0 Å². The van der Waals surface area contributed by atoms with Crippen molar-refractivity contribution in [1.29, 1.82) is 0 Å². The second-order valence-electron chi connectivity index (χ2n) is 6.08. The zero-order valence-corrected chi connectivity index (χ0v) is 12.5. The molecule has 2 aliphatic rings. The first-order valence-electron chi connectivity index (χ1n) is 7.50. The third kappa shape index (κ3) is 5.09. The van der Waals surface area contributed by atoms with Crippen molar-refractivity contribution in [3.63, 3.8) is 0 Å². The summed E-state index contributed by atoms with van der Waals surface area (Å²) in [6.07, 6.45) is 4.53. The second-order valence-corrected chi connectivity index (χ2v) is 6.08. The van der Waals surface area contributed by atoms with Crippen LogP contribution in [0.5, 0.6) is 0 Å². The van der Waals surface area contributed by atoms with E-state index in [0.29, 0.717) is 18.6 Å². The highest BCUT2D eigenvalue weighted by atomic mass is 16.2. The van der Waals surface area contributed by atoms with Crippen LogP contribution in [0.4, 0.5) is 0 Å². The number of hydrogen-bond donors (Lipinski definition) is 2. The molecule has 2 N–H and O–H groups in total. The van der Waals surface area contributed by atoms with Gasteiger partial charge in [-0.25, -0.2) is 0 Å². The van der Waals surface area contributed by atoms with Crippen molar-refractivity contribution in [3.05, 3.63) is 0 Å². The zero-order chi connectivity index (χ0) is 14.5. The molecular weight excluding hydrogens is 256 g/mol. The van der Waals surface area contributed by atoms with Crippen LogP contribution < -0.4 is 10.6 Å². The van der Waals surface area contributed by atoms with Crippen LogP contribution in [-0.2, 0) is 9.59 Å². The van der Waals surface area contributed by atoms with Crippen LogP contribution in [0.15, 0.2) is 0 Å². The normalized spacial score (nSPS) is 22.1. The highest BCUT2D eigenvalue weighted by Crippen LogP contribution is 2.18. The average Bonchev–Trinajstić information content (AvgIpc) is 3.03. The van der Waals surface area contributed by atoms with E-state index in [4.69, 9.17) is 0 Å². The predicted molar refractivity (Wildman–Crippen MR) is 77.3 cm³/mol. The van der Waals surface area contributed by atoms with E-state index in [2.05, 4.69) is 10.6 Å². The molecule has 1 unspecified atom stereocenters. The molecule has 0 radical (unpaired) electrons. The lowest BCUT2D eigenvalue weighted by molar-refractivity contribution is -0.135. The molecule has 1 heterocycles. The molecule has 6 heteroatoms. The van der Waals surface area contributed by atoms with E-state index in [0.717, 1.165) is 25.9 Å². The molecule has 1 saturated heterocycles. The molecule has 1 aliphatic heterocycles. The van der Waals surface area contributed by atoms with E-state index in [1.165, 1.54) is 17.7 Å². The molecule has 1 atom stereocenters. The summed E-state index contributed by atoms with van der Waals surface area (Å²) in [7, 11) is 3.65. The van der Waals surface area contributed by atoms with Crippen LogP contribution in [-0.4, -0.2) is 74.0 Å². The van der Waals surface area contributed by atoms with Crippen molar-refractivity contribution < 1.29 is 9.59 Å². The maximum absolute atomic E-state index is 12.0. The molecule has 1 aliphatic carbocycles. The van der Waals surface area contributed by atoms with Gasteiger partial charge in [-0.1, -0.05) is 0 Å². The molecule has 0 aromatic rings. The first-order chi connectivity index (χ1) is 9.54. The maximum Gasteiger partial charge on any atom is 0.239 e. The Kier molecular flexibility index (Phi) is 5.37. The summed E-state index contributed by atoms with van der Waals surface area (Å²) >= 11 is 0. The SMILES string of the molecule is CN(CC(=O)N(C)CC(=O)NC1CC1)CC1CCCN1. The van der Waals surface area contributed by atoms with Gasteiger partial charge < -0.3 is 15.5 Å². The monoisotopic (exact) mass is 282 g/mol. The highest BCUT2D eigenvalue weighted by Gasteiger charge is 2.24. The molecule has 0 spiro atoms. The Labute approximate surface area is 120 Å². The van der Waals surface area contributed by atoms with E-state index in [-0.39, 0.29) is 18.4 Å². The summed E-state index contributed by atoms with van der Waals surface area (Å²) in [5.41, 5.74) is 0. The van der Waals surface area contributed by atoms with Crippen molar-refractivity contribution in [2.24, 2.45) is 0 Å². The molecule has 0 bridgehead atoms. The number of amides is 2. The molecule has 1 saturated carbocycles. The van der Waals surface area contributed by atoms with Gasteiger partial charge in [-0.3, -0.25) is 14.5 Å². The highest BCUT2D eigenvalue weighted by molar-refractivity contribution is 5.85. The fraction of sp³-hybridized carbons (Fsp3) is 0.857.